The SMILES string of the molecule is Clc1ccc(CCn2cncn2)nc1. The molecule has 0 aliphatic carbocycles. The molecule has 2 aromatic rings. The van der Waals surface area contributed by atoms with Gasteiger partial charge < -0.3 is 0 Å². The molecule has 0 bridgehead atoms. The van der Waals surface area contributed by atoms with E-state index in [1.165, 1.54) is 6.33 Å². The third-order valence-electron chi connectivity index (χ3n) is 1.85. The molecule has 0 aromatic carbocycles. The largest absolute Gasteiger partial charge is 0.260 e. The first-order valence-electron chi connectivity index (χ1n) is 4.27. The highest BCUT2D eigenvalue weighted by Gasteiger charge is 1.96. The van der Waals surface area contributed by atoms with Crippen LogP contribution in [0.15, 0.2) is 31.0 Å². The lowest BCUT2D eigenvalue weighted by atomic mass is 10.3. The Kier molecular flexibility index (Phi) is 2.74. The lowest BCUT2D eigenvalue weighted by Gasteiger charge is -2.00. The van der Waals surface area contributed by atoms with Crippen molar-refractivity contribution in [2.45, 2.75) is 13.0 Å². The molecular formula is C9H9ClN4. The van der Waals surface area contributed by atoms with E-state index >= 15 is 0 Å². The van der Waals surface area contributed by atoms with Crippen molar-refractivity contribution in [2.75, 3.05) is 0 Å². The molecule has 0 radical (unpaired) electrons. The van der Waals surface area contributed by atoms with Crippen molar-refractivity contribution in [2.24, 2.45) is 0 Å². The van der Waals surface area contributed by atoms with E-state index in [1.807, 2.05) is 12.1 Å². The van der Waals surface area contributed by atoms with E-state index in [4.69, 9.17) is 11.6 Å². The Bertz CT molecular complexity index is 382. The molecule has 5 heteroatoms. The van der Waals surface area contributed by atoms with Crippen LogP contribution in [-0.4, -0.2) is 19.7 Å². The third kappa shape index (κ3) is 2.29. The minimum atomic E-state index is 0.662. The molecule has 0 saturated carbocycles. The minimum absolute atomic E-state index is 0.662. The summed E-state index contributed by atoms with van der Waals surface area (Å²) in [7, 11) is 0. The number of rotatable bonds is 3. The second-order valence-electron chi connectivity index (χ2n) is 2.88. The van der Waals surface area contributed by atoms with E-state index in [-0.39, 0.29) is 0 Å². The standard InChI is InChI=1S/C9H9ClN4/c10-8-1-2-9(12-5-8)3-4-14-7-11-6-13-14/h1-2,5-7H,3-4H2. The van der Waals surface area contributed by atoms with E-state index in [1.54, 1.807) is 17.2 Å². The minimum Gasteiger partial charge on any atom is -0.260 e. The van der Waals surface area contributed by atoms with Crippen molar-refractivity contribution in [1.82, 2.24) is 19.7 Å². The summed E-state index contributed by atoms with van der Waals surface area (Å²) >= 11 is 5.72. The van der Waals surface area contributed by atoms with Crippen LogP contribution >= 0.6 is 11.6 Å². The van der Waals surface area contributed by atoms with Crippen molar-refractivity contribution in [1.29, 1.82) is 0 Å². The lowest BCUT2D eigenvalue weighted by molar-refractivity contribution is 0.607. The van der Waals surface area contributed by atoms with Gasteiger partial charge in [0, 0.05) is 24.9 Å². The van der Waals surface area contributed by atoms with Gasteiger partial charge in [0.05, 0.1) is 5.02 Å². The van der Waals surface area contributed by atoms with E-state index in [0.29, 0.717) is 5.02 Å². The predicted octanol–water partition coefficient (Wildman–Crippen LogP) is 1.57. The van der Waals surface area contributed by atoms with Crippen LogP contribution in [0.5, 0.6) is 0 Å². The molecule has 0 N–H and O–H groups in total. The van der Waals surface area contributed by atoms with Gasteiger partial charge in [-0.05, 0) is 12.1 Å². The van der Waals surface area contributed by atoms with Gasteiger partial charge in [-0.2, -0.15) is 5.10 Å². The summed E-state index contributed by atoms with van der Waals surface area (Å²) in [5.41, 5.74) is 1.00. The normalized spacial score (nSPS) is 10.4. The highest BCUT2D eigenvalue weighted by atomic mass is 35.5. The summed E-state index contributed by atoms with van der Waals surface area (Å²) in [5.74, 6) is 0. The molecule has 4 nitrogen and oxygen atoms in total. The number of hydrogen-bond acceptors (Lipinski definition) is 3. The summed E-state index contributed by atoms with van der Waals surface area (Å²) < 4.78 is 1.77. The van der Waals surface area contributed by atoms with Gasteiger partial charge in [0.2, 0.25) is 0 Å². The maximum absolute atomic E-state index is 5.72. The quantitative estimate of drug-likeness (QED) is 0.769. The van der Waals surface area contributed by atoms with Crippen molar-refractivity contribution in [3.05, 3.63) is 41.7 Å². The zero-order chi connectivity index (χ0) is 9.80. The monoisotopic (exact) mass is 208 g/mol. The van der Waals surface area contributed by atoms with E-state index in [9.17, 15) is 0 Å². The summed E-state index contributed by atoms with van der Waals surface area (Å²) in [4.78, 5) is 8.04. The fraction of sp³-hybridized carbons (Fsp3) is 0.222. The van der Waals surface area contributed by atoms with Crippen LogP contribution in [0.2, 0.25) is 5.02 Å². The Balaban J connectivity index is 1.95. The Labute approximate surface area is 86.6 Å². The molecule has 14 heavy (non-hydrogen) atoms. The zero-order valence-electron chi connectivity index (χ0n) is 7.47. The summed E-state index contributed by atoms with van der Waals surface area (Å²) in [6.45, 7) is 0.786. The Morgan fingerprint density at radius 2 is 2.29 bits per heavy atom. The van der Waals surface area contributed by atoms with Crippen LogP contribution in [0.1, 0.15) is 5.69 Å². The number of nitrogens with zero attached hydrogens (tertiary/aromatic N) is 4. The van der Waals surface area contributed by atoms with Crippen LogP contribution in [0.4, 0.5) is 0 Å². The Morgan fingerprint density at radius 3 is 2.93 bits per heavy atom. The molecule has 0 amide bonds. The average Bonchev–Trinajstić information content (AvgIpc) is 2.70. The molecule has 2 rings (SSSR count). The average molecular weight is 209 g/mol. The molecule has 0 unspecified atom stereocenters. The highest BCUT2D eigenvalue weighted by molar-refractivity contribution is 6.30. The van der Waals surface area contributed by atoms with E-state index in [2.05, 4.69) is 15.1 Å². The topological polar surface area (TPSA) is 43.6 Å². The van der Waals surface area contributed by atoms with Gasteiger partial charge in [-0.3, -0.25) is 9.67 Å². The maximum atomic E-state index is 5.72. The van der Waals surface area contributed by atoms with Gasteiger partial charge >= 0.3 is 0 Å². The van der Waals surface area contributed by atoms with E-state index < -0.39 is 0 Å². The number of pyridine rings is 1. The summed E-state index contributed by atoms with van der Waals surface area (Å²) in [5, 5.41) is 4.66. The van der Waals surface area contributed by atoms with Crippen molar-refractivity contribution >= 4 is 11.6 Å². The fourth-order valence-corrected chi connectivity index (χ4v) is 1.24. The number of halogens is 1. The lowest BCUT2D eigenvalue weighted by Crippen LogP contribution is -2.02. The fourth-order valence-electron chi connectivity index (χ4n) is 1.13. The van der Waals surface area contributed by atoms with Crippen molar-refractivity contribution < 1.29 is 0 Å². The van der Waals surface area contributed by atoms with Crippen LogP contribution in [0.3, 0.4) is 0 Å². The molecule has 2 heterocycles. The van der Waals surface area contributed by atoms with Crippen molar-refractivity contribution in [3.63, 3.8) is 0 Å². The van der Waals surface area contributed by atoms with Crippen molar-refractivity contribution in [3.8, 4) is 0 Å². The first kappa shape index (κ1) is 9.15. The summed E-state index contributed by atoms with van der Waals surface area (Å²) in [6, 6.07) is 3.75. The molecule has 0 aliphatic heterocycles. The van der Waals surface area contributed by atoms with Crippen LogP contribution < -0.4 is 0 Å². The number of aromatic nitrogens is 4. The van der Waals surface area contributed by atoms with Gasteiger partial charge in [-0.25, -0.2) is 4.98 Å². The number of aryl methyl sites for hydroxylation is 2. The molecule has 0 spiro atoms. The molecule has 0 aliphatic rings. The Hall–Kier alpha value is -1.42. The van der Waals surface area contributed by atoms with Crippen LogP contribution in [0, 0.1) is 0 Å². The molecular weight excluding hydrogens is 200 g/mol. The molecule has 0 atom stereocenters. The first-order chi connectivity index (χ1) is 6.84. The number of hydrogen-bond donors (Lipinski definition) is 0. The van der Waals surface area contributed by atoms with Crippen LogP contribution in [0.25, 0.3) is 0 Å². The highest BCUT2D eigenvalue weighted by Crippen LogP contribution is 2.06. The smallest absolute Gasteiger partial charge is 0.137 e. The van der Waals surface area contributed by atoms with Gasteiger partial charge in [0.15, 0.2) is 0 Å². The van der Waals surface area contributed by atoms with Gasteiger partial charge in [0.1, 0.15) is 12.7 Å². The second kappa shape index (κ2) is 4.19. The molecule has 0 saturated heterocycles. The third-order valence-corrected chi connectivity index (χ3v) is 2.08. The van der Waals surface area contributed by atoms with Crippen LogP contribution in [-0.2, 0) is 13.0 Å². The van der Waals surface area contributed by atoms with Gasteiger partial charge in [-0.1, -0.05) is 11.6 Å². The van der Waals surface area contributed by atoms with Gasteiger partial charge in [-0.15, -0.1) is 0 Å². The first-order valence-corrected chi connectivity index (χ1v) is 4.65. The predicted molar refractivity (Wildman–Crippen MR) is 53.0 cm³/mol. The molecule has 2 aromatic heterocycles. The zero-order valence-corrected chi connectivity index (χ0v) is 8.22. The van der Waals surface area contributed by atoms with Gasteiger partial charge in [0.25, 0.3) is 0 Å². The van der Waals surface area contributed by atoms with E-state index in [0.717, 1.165) is 18.7 Å². The maximum Gasteiger partial charge on any atom is 0.137 e. The molecule has 0 fully saturated rings. The molecule has 72 valence electrons. The summed E-state index contributed by atoms with van der Waals surface area (Å²) in [6.07, 6.45) is 5.70. The Morgan fingerprint density at radius 1 is 1.36 bits per heavy atom. The second-order valence-corrected chi connectivity index (χ2v) is 3.31.